The Balaban J connectivity index is 0.00000134. The number of aliphatic hydroxyl groups excluding tert-OH is 1. The van der Waals surface area contributed by atoms with Gasteiger partial charge in [0.15, 0.2) is 0 Å². The first-order chi connectivity index (χ1) is 12.0. The summed E-state index contributed by atoms with van der Waals surface area (Å²) in [7, 11) is 1.62. The summed E-state index contributed by atoms with van der Waals surface area (Å²) in [5, 5.41) is 11.0. The van der Waals surface area contributed by atoms with Crippen LogP contribution in [0.15, 0.2) is 23.0 Å². The van der Waals surface area contributed by atoms with Crippen molar-refractivity contribution in [2.75, 3.05) is 26.9 Å². The van der Waals surface area contributed by atoms with Gasteiger partial charge in [-0.05, 0) is 26.3 Å². The zero-order valence-corrected chi connectivity index (χ0v) is 17.0. The molecule has 0 aromatic heterocycles. The molecule has 0 radical (unpaired) electrons. The summed E-state index contributed by atoms with van der Waals surface area (Å²) in [6.07, 6.45) is 1.55. The third-order valence-electron chi connectivity index (χ3n) is 3.93. The maximum absolute atomic E-state index is 11.9. The number of hydroxylamine groups is 2. The fraction of sp³-hybridized carbons (Fsp3) is 0.737. The van der Waals surface area contributed by atoms with Crippen LogP contribution in [0.4, 0.5) is 0 Å². The number of carbonyl (C=O) groups is 1. The molecule has 25 heavy (non-hydrogen) atoms. The van der Waals surface area contributed by atoms with Crippen molar-refractivity contribution in [2.24, 2.45) is 5.92 Å². The standard InChI is InChI=1S/C15H23NO5.2C2H6/c1-5-10(14(19-4)9(2)3)6-16-13-11(8-20-15(13)18)12(7-17)21-16;2*1-2/h5,11-13,17H,6-8H2,1-4H3;2*1-2H3/b10-5-;;/t11-,12?,13+;;/m1../s1. The van der Waals surface area contributed by atoms with E-state index in [9.17, 15) is 9.90 Å². The number of nitrogens with zero attached hydrogens (tertiary/aromatic N) is 1. The largest absolute Gasteiger partial charge is 0.497 e. The molecule has 2 aliphatic heterocycles. The number of fused-ring (bicyclic) bond motifs is 1. The molecular formula is C19H35NO5. The van der Waals surface area contributed by atoms with E-state index in [1.807, 2.05) is 54.5 Å². The van der Waals surface area contributed by atoms with E-state index in [-0.39, 0.29) is 18.5 Å². The molecule has 2 fully saturated rings. The summed E-state index contributed by atoms with van der Waals surface area (Å²) in [4.78, 5) is 17.6. The van der Waals surface area contributed by atoms with E-state index < -0.39 is 12.1 Å². The number of allylic oxidation sites excluding steroid dienone is 2. The third kappa shape index (κ3) is 5.56. The Morgan fingerprint density at radius 1 is 1.32 bits per heavy atom. The molecule has 2 heterocycles. The molecular weight excluding hydrogens is 322 g/mol. The summed E-state index contributed by atoms with van der Waals surface area (Å²) in [6.45, 7) is 14.4. The molecule has 0 aliphatic carbocycles. The van der Waals surface area contributed by atoms with Crippen LogP contribution in [0.5, 0.6) is 0 Å². The second kappa shape index (κ2) is 12.1. The van der Waals surface area contributed by atoms with Gasteiger partial charge in [0.25, 0.3) is 0 Å². The zero-order valence-electron chi connectivity index (χ0n) is 17.0. The minimum absolute atomic E-state index is 0.113. The molecule has 146 valence electrons. The maximum Gasteiger partial charge on any atom is 0.326 e. The average Bonchev–Trinajstić information content (AvgIpc) is 3.19. The summed E-state index contributed by atoms with van der Waals surface area (Å²) in [6, 6.07) is -0.452. The van der Waals surface area contributed by atoms with Gasteiger partial charge in [-0.15, -0.1) is 0 Å². The van der Waals surface area contributed by atoms with E-state index in [1.54, 1.807) is 12.2 Å². The van der Waals surface area contributed by atoms with Crippen LogP contribution < -0.4 is 0 Å². The molecule has 2 aliphatic rings. The molecule has 2 rings (SSSR count). The molecule has 3 atom stereocenters. The highest BCUT2D eigenvalue weighted by Gasteiger charge is 2.52. The first-order valence-electron chi connectivity index (χ1n) is 9.11. The summed E-state index contributed by atoms with van der Waals surface area (Å²) >= 11 is 0. The van der Waals surface area contributed by atoms with E-state index in [0.717, 1.165) is 16.9 Å². The molecule has 0 bridgehead atoms. The van der Waals surface area contributed by atoms with Gasteiger partial charge in [0.1, 0.15) is 17.9 Å². The number of cyclic esters (lactones) is 1. The fourth-order valence-corrected chi connectivity index (χ4v) is 2.91. The monoisotopic (exact) mass is 357 g/mol. The van der Waals surface area contributed by atoms with Crippen LogP contribution in [-0.4, -0.2) is 55.2 Å². The van der Waals surface area contributed by atoms with Gasteiger partial charge in [0, 0.05) is 5.57 Å². The van der Waals surface area contributed by atoms with Crippen LogP contribution in [-0.2, 0) is 19.1 Å². The number of esters is 1. The molecule has 0 aromatic carbocycles. The number of aliphatic hydroxyl groups is 1. The van der Waals surface area contributed by atoms with Crippen LogP contribution in [0.2, 0.25) is 0 Å². The SMILES string of the molecule is C/C=C(/CN1OC(CO)[C@H]2COC(=O)[C@H]21)C(OC)=C(C)C.CC.CC. The molecule has 1 N–H and O–H groups in total. The Labute approximate surface area is 152 Å². The molecule has 0 aromatic rings. The number of ether oxygens (including phenoxy) is 2. The Morgan fingerprint density at radius 2 is 1.92 bits per heavy atom. The Hall–Kier alpha value is -1.37. The normalized spacial score (nSPS) is 25.1. The molecule has 6 nitrogen and oxygen atoms in total. The highest BCUT2D eigenvalue weighted by atomic mass is 16.7. The van der Waals surface area contributed by atoms with Crippen molar-refractivity contribution in [1.29, 1.82) is 0 Å². The Bertz CT molecular complexity index is 468. The number of rotatable bonds is 5. The highest BCUT2D eigenvalue weighted by Crippen LogP contribution is 2.34. The first-order valence-corrected chi connectivity index (χ1v) is 9.11. The number of carbonyl (C=O) groups excluding carboxylic acids is 1. The topological polar surface area (TPSA) is 68.2 Å². The lowest BCUT2D eigenvalue weighted by atomic mass is 9.98. The van der Waals surface area contributed by atoms with Gasteiger partial charge < -0.3 is 14.6 Å². The van der Waals surface area contributed by atoms with Gasteiger partial charge in [0.05, 0.1) is 32.8 Å². The van der Waals surface area contributed by atoms with E-state index in [0.29, 0.717) is 13.2 Å². The van der Waals surface area contributed by atoms with E-state index in [2.05, 4.69) is 0 Å². The van der Waals surface area contributed by atoms with Crippen LogP contribution >= 0.6 is 0 Å². The highest BCUT2D eigenvalue weighted by molar-refractivity contribution is 5.78. The minimum Gasteiger partial charge on any atom is -0.497 e. The van der Waals surface area contributed by atoms with Crippen molar-refractivity contribution in [3.63, 3.8) is 0 Å². The molecule has 1 unspecified atom stereocenters. The van der Waals surface area contributed by atoms with E-state index in [1.165, 1.54) is 0 Å². The maximum atomic E-state index is 11.9. The second-order valence-corrected chi connectivity index (χ2v) is 5.49. The summed E-state index contributed by atoms with van der Waals surface area (Å²) in [5.74, 6) is 0.386. The van der Waals surface area contributed by atoms with Gasteiger partial charge in [-0.3, -0.25) is 9.63 Å². The summed E-state index contributed by atoms with van der Waals surface area (Å²) in [5.41, 5.74) is 1.99. The van der Waals surface area contributed by atoms with Crippen LogP contribution in [0.25, 0.3) is 0 Å². The first kappa shape index (κ1) is 23.6. The van der Waals surface area contributed by atoms with Crippen LogP contribution in [0.1, 0.15) is 48.5 Å². The zero-order chi connectivity index (χ0) is 19.6. The lowest BCUT2D eigenvalue weighted by Gasteiger charge is -2.22. The van der Waals surface area contributed by atoms with E-state index in [4.69, 9.17) is 14.3 Å². The van der Waals surface area contributed by atoms with Crippen molar-refractivity contribution in [3.8, 4) is 0 Å². The van der Waals surface area contributed by atoms with Crippen molar-refractivity contribution < 1.29 is 24.2 Å². The molecule has 0 saturated carbocycles. The number of methoxy groups -OCH3 is 1. The summed E-state index contributed by atoms with van der Waals surface area (Å²) < 4.78 is 10.5. The smallest absolute Gasteiger partial charge is 0.326 e. The van der Waals surface area contributed by atoms with Crippen molar-refractivity contribution in [3.05, 3.63) is 23.0 Å². The Morgan fingerprint density at radius 3 is 2.36 bits per heavy atom. The quantitative estimate of drug-likeness (QED) is 0.463. The van der Waals surface area contributed by atoms with Gasteiger partial charge >= 0.3 is 5.97 Å². The molecule has 2 saturated heterocycles. The molecule has 0 amide bonds. The molecule has 0 spiro atoms. The van der Waals surface area contributed by atoms with Crippen molar-refractivity contribution in [2.45, 2.75) is 60.6 Å². The Kier molecular flexibility index (Phi) is 11.4. The van der Waals surface area contributed by atoms with Gasteiger partial charge in [-0.25, -0.2) is 0 Å². The fourth-order valence-electron chi connectivity index (χ4n) is 2.91. The van der Waals surface area contributed by atoms with Gasteiger partial charge in [-0.1, -0.05) is 33.8 Å². The predicted molar refractivity (Wildman–Crippen MR) is 98.7 cm³/mol. The van der Waals surface area contributed by atoms with Crippen LogP contribution in [0.3, 0.4) is 0 Å². The average molecular weight is 357 g/mol. The van der Waals surface area contributed by atoms with E-state index >= 15 is 0 Å². The lowest BCUT2D eigenvalue weighted by Crippen LogP contribution is -2.36. The number of hydrogen-bond donors (Lipinski definition) is 1. The van der Waals surface area contributed by atoms with Gasteiger partial charge in [-0.2, -0.15) is 5.06 Å². The predicted octanol–water partition coefficient (Wildman–Crippen LogP) is 3.08. The van der Waals surface area contributed by atoms with Gasteiger partial charge in [0.2, 0.25) is 0 Å². The number of hydrogen-bond acceptors (Lipinski definition) is 6. The van der Waals surface area contributed by atoms with Crippen molar-refractivity contribution >= 4 is 5.97 Å². The second-order valence-electron chi connectivity index (χ2n) is 5.49. The lowest BCUT2D eigenvalue weighted by molar-refractivity contribution is -0.184. The van der Waals surface area contributed by atoms with Crippen molar-refractivity contribution in [1.82, 2.24) is 5.06 Å². The van der Waals surface area contributed by atoms with Crippen LogP contribution in [0, 0.1) is 5.92 Å². The third-order valence-corrected chi connectivity index (χ3v) is 3.93. The minimum atomic E-state index is -0.452. The molecule has 6 heteroatoms.